The zero-order chi connectivity index (χ0) is 9.90. The Bertz CT molecular complexity index is 305. The van der Waals surface area contributed by atoms with Crippen molar-refractivity contribution < 1.29 is 5.11 Å². The van der Waals surface area contributed by atoms with E-state index in [2.05, 4.69) is 6.58 Å². The summed E-state index contributed by atoms with van der Waals surface area (Å²) in [5.41, 5.74) is -0.170. The SMILES string of the molecule is C=CCC(C)(O)c1ccccc1Cl. The summed E-state index contributed by atoms with van der Waals surface area (Å²) in [6.45, 7) is 5.33. The number of aliphatic hydroxyl groups is 1. The van der Waals surface area contributed by atoms with E-state index >= 15 is 0 Å². The molecule has 0 aliphatic rings. The molecule has 0 aromatic heterocycles. The first-order valence-corrected chi connectivity index (χ1v) is 4.54. The van der Waals surface area contributed by atoms with Crippen molar-refractivity contribution >= 4 is 11.6 Å². The minimum absolute atomic E-state index is 0.497. The minimum atomic E-state index is -0.917. The number of benzene rings is 1. The van der Waals surface area contributed by atoms with Crippen LogP contribution in [0.25, 0.3) is 0 Å². The van der Waals surface area contributed by atoms with Gasteiger partial charge in [0.15, 0.2) is 0 Å². The van der Waals surface area contributed by atoms with Crippen LogP contribution in [-0.4, -0.2) is 5.11 Å². The van der Waals surface area contributed by atoms with Crippen LogP contribution < -0.4 is 0 Å². The summed E-state index contributed by atoms with van der Waals surface area (Å²) in [5.74, 6) is 0. The topological polar surface area (TPSA) is 20.2 Å². The van der Waals surface area contributed by atoms with Crippen molar-refractivity contribution in [2.75, 3.05) is 0 Å². The van der Waals surface area contributed by atoms with Gasteiger partial charge in [-0.1, -0.05) is 35.9 Å². The van der Waals surface area contributed by atoms with Gasteiger partial charge >= 0.3 is 0 Å². The van der Waals surface area contributed by atoms with E-state index in [9.17, 15) is 5.11 Å². The molecule has 0 amide bonds. The first-order chi connectivity index (χ1) is 6.08. The molecule has 70 valence electrons. The monoisotopic (exact) mass is 196 g/mol. The maximum absolute atomic E-state index is 10.0. The largest absolute Gasteiger partial charge is 0.385 e. The summed E-state index contributed by atoms with van der Waals surface area (Å²) in [6.07, 6.45) is 2.18. The van der Waals surface area contributed by atoms with Crippen molar-refractivity contribution in [1.29, 1.82) is 0 Å². The van der Waals surface area contributed by atoms with Gasteiger partial charge in [-0.15, -0.1) is 6.58 Å². The smallest absolute Gasteiger partial charge is 0.0917 e. The Morgan fingerprint density at radius 3 is 2.69 bits per heavy atom. The summed E-state index contributed by atoms with van der Waals surface area (Å²) < 4.78 is 0. The van der Waals surface area contributed by atoms with Crippen LogP contribution in [-0.2, 0) is 5.60 Å². The highest BCUT2D eigenvalue weighted by atomic mass is 35.5. The molecule has 1 nitrogen and oxygen atoms in total. The molecule has 0 saturated heterocycles. The van der Waals surface area contributed by atoms with E-state index in [1.807, 2.05) is 18.2 Å². The Labute approximate surface area is 83.7 Å². The van der Waals surface area contributed by atoms with Gasteiger partial charge in [0, 0.05) is 10.6 Å². The quantitative estimate of drug-likeness (QED) is 0.737. The van der Waals surface area contributed by atoms with Gasteiger partial charge in [0.25, 0.3) is 0 Å². The van der Waals surface area contributed by atoms with Crippen molar-refractivity contribution in [3.8, 4) is 0 Å². The van der Waals surface area contributed by atoms with Crippen molar-refractivity contribution in [2.45, 2.75) is 18.9 Å². The third-order valence-corrected chi connectivity index (χ3v) is 2.33. The lowest BCUT2D eigenvalue weighted by molar-refractivity contribution is 0.0607. The number of halogens is 1. The molecular weight excluding hydrogens is 184 g/mol. The van der Waals surface area contributed by atoms with Crippen LogP contribution in [0.4, 0.5) is 0 Å². The van der Waals surface area contributed by atoms with Gasteiger partial charge in [0.1, 0.15) is 0 Å². The van der Waals surface area contributed by atoms with Gasteiger partial charge in [-0.3, -0.25) is 0 Å². The predicted octanol–water partition coefficient (Wildman–Crippen LogP) is 3.12. The summed E-state index contributed by atoms with van der Waals surface area (Å²) in [7, 11) is 0. The van der Waals surface area contributed by atoms with Crippen LogP contribution in [0.2, 0.25) is 5.02 Å². The summed E-state index contributed by atoms with van der Waals surface area (Å²) >= 11 is 5.95. The molecule has 13 heavy (non-hydrogen) atoms. The number of hydrogen-bond acceptors (Lipinski definition) is 1. The van der Waals surface area contributed by atoms with Crippen LogP contribution in [0.3, 0.4) is 0 Å². The summed E-state index contributed by atoms with van der Waals surface area (Å²) in [5, 5.41) is 10.6. The Morgan fingerprint density at radius 1 is 1.54 bits per heavy atom. The van der Waals surface area contributed by atoms with Crippen LogP contribution in [0.5, 0.6) is 0 Å². The Morgan fingerprint density at radius 2 is 2.15 bits per heavy atom. The van der Waals surface area contributed by atoms with E-state index in [0.717, 1.165) is 5.56 Å². The van der Waals surface area contributed by atoms with Gasteiger partial charge in [0.05, 0.1) is 5.60 Å². The molecule has 1 unspecified atom stereocenters. The Kier molecular flexibility index (Phi) is 3.12. The first-order valence-electron chi connectivity index (χ1n) is 4.16. The standard InChI is InChI=1S/C11H13ClO/c1-3-8-11(2,13)9-6-4-5-7-10(9)12/h3-7,13H,1,8H2,2H3. The molecule has 1 aromatic rings. The molecule has 0 spiro atoms. The van der Waals surface area contributed by atoms with Crippen molar-refractivity contribution in [3.05, 3.63) is 47.5 Å². The van der Waals surface area contributed by atoms with Crippen molar-refractivity contribution in [2.24, 2.45) is 0 Å². The van der Waals surface area contributed by atoms with Gasteiger partial charge in [0.2, 0.25) is 0 Å². The highest BCUT2D eigenvalue weighted by Gasteiger charge is 2.23. The van der Waals surface area contributed by atoms with E-state index < -0.39 is 5.60 Å². The fraction of sp³-hybridized carbons (Fsp3) is 0.273. The lowest BCUT2D eigenvalue weighted by atomic mass is 9.93. The molecule has 0 aliphatic heterocycles. The average Bonchev–Trinajstić information content (AvgIpc) is 2.04. The molecule has 2 heteroatoms. The van der Waals surface area contributed by atoms with E-state index in [4.69, 9.17) is 11.6 Å². The average molecular weight is 197 g/mol. The fourth-order valence-electron chi connectivity index (χ4n) is 1.29. The summed E-state index contributed by atoms with van der Waals surface area (Å²) in [6, 6.07) is 7.30. The third-order valence-electron chi connectivity index (χ3n) is 2.00. The first kappa shape index (κ1) is 10.3. The Hall–Kier alpha value is -0.790. The molecular formula is C11H13ClO. The van der Waals surface area contributed by atoms with Crippen LogP contribution in [0.1, 0.15) is 18.9 Å². The number of hydrogen-bond donors (Lipinski definition) is 1. The molecule has 1 rings (SSSR count). The second-order valence-electron chi connectivity index (χ2n) is 3.25. The van der Waals surface area contributed by atoms with Crippen molar-refractivity contribution in [1.82, 2.24) is 0 Å². The number of rotatable bonds is 3. The van der Waals surface area contributed by atoms with Gasteiger partial charge < -0.3 is 5.11 Å². The van der Waals surface area contributed by atoms with Crippen molar-refractivity contribution in [3.63, 3.8) is 0 Å². The molecule has 0 bridgehead atoms. The molecule has 1 N–H and O–H groups in total. The molecule has 0 fully saturated rings. The van der Waals surface area contributed by atoms with E-state index in [-0.39, 0.29) is 0 Å². The molecule has 0 heterocycles. The fourth-order valence-corrected chi connectivity index (χ4v) is 1.63. The predicted molar refractivity (Wildman–Crippen MR) is 55.8 cm³/mol. The van der Waals surface area contributed by atoms with E-state index in [0.29, 0.717) is 11.4 Å². The highest BCUT2D eigenvalue weighted by Crippen LogP contribution is 2.30. The second-order valence-corrected chi connectivity index (χ2v) is 3.65. The van der Waals surface area contributed by atoms with Gasteiger partial charge in [-0.2, -0.15) is 0 Å². The molecule has 1 aromatic carbocycles. The van der Waals surface area contributed by atoms with E-state index in [1.165, 1.54) is 0 Å². The second kappa shape index (κ2) is 3.95. The third kappa shape index (κ3) is 2.33. The van der Waals surface area contributed by atoms with Crippen LogP contribution in [0, 0.1) is 0 Å². The summed E-state index contributed by atoms with van der Waals surface area (Å²) in [4.78, 5) is 0. The lowest BCUT2D eigenvalue weighted by Gasteiger charge is -2.23. The van der Waals surface area contributed by atoms with Crippen LogP contribution in [0.15, 0.2) is 36.9 Å². The maximum atomic E-state index is 10.0. The molecule has 1 atom stereocenters. The zero-order valence-electron chi connectivity index (χ0n) is 7.63. The van der Waals surface area contributed by atoms with E-state index in [1.54, 1.807) is 19.1 Å². The van der Waals surface area contributed by atoms with Gasteiger partial charge in [-0.25, -0.2) is 0 Å². The molecule has 0 aliphatic carbocycles. The van der Waals surface area contributed by atoms with Gasteiger partial charge in [-0.05, 0) is 19.4 Å². The normalized spacial score (nSPS) is 15.0. The molecule has 0 saturated carbocycles. The zero-order valence-corrected chi connectivity index (χ0v) is 8.38. The maximum Gasteiger partial charge on any atom is 0.0917 e. The highest BCUT2D eigenvalue weighted by molar-refractivity contribution is 6.31. The minimum Gasteiger partial charge on any atom is -0.385 e. The lowest BCUT2D eigenvalue weighted by Crippen LogP contribution is -2.20. The Balaban J connectivity index is 3.06. The molecule has 0 radical (unpaired) electrons. The van der Waals surface area contributed by atoms with Crippen LogP contribution >= 0.6 is 11.6 Å².